The average Bonchev–Trinajstić information content (AvgIpc) is 3.18. The highest BCUT2D eigenvalue weighted by molar-refractivity contribution is 6.47. The monoisotopic (exact) mass is 521 g/mol. The molecule has 36 heavy (non-hydrogen) atoms. The Balaban J connectivity index is 0.00000361. The van der Waals surface area contributed by atoms with Crippen molar-refractivity contribution in [3.05, 3.63) is 35.9 Å². The standard InChI is InChI=1S/C26H40BN3O5.ClH/c1-16(2)11-22(27-34-21-13-18-12-20(25(18,3)4)26(21,5)35-27)30-23(31)19(28)14-29-24(32)33-15-17-9-7-6-8-10-17;/h6-10,16,18-22H,11-15,28H2,1-5H3,(H,29,32)(H,30,31);1H/t18-,19-,20-,21+,22-,26-;/m0./s1. The molecule has 4 N–H and O–H groups in total. The summed E-state index contributed by atoms with van der Waals surface area (Å²) in [7, 11) is -0.512. The lowest BCUT2D eigenvalue weighted by Gasteiger charge is -2.64. The quantitative estimate of drug-likeness (QED) is 0.429. The zero-order valence-electron chi connectivity index (χ0n) is 22.0. The predicted molar refractivity (Wildman–Crippen MR) is 141 cm³/mol. The number of ether oxygens (including phenoxy) is 1. The van der Waals surface area contributed by atoms with E-state index < -0.39 is 19.3 Å². The van der Waals surface area contributed by atoms with Crippen molar-refractivity contribution in [3.63, 3.8) is 0 Å². The van der Waals surface area contributed by atoms with E-state index in [2.05, 4.69) is 45.3 Å². The Bertz CT molecular complexity index is 920. The van der Waals surface area contributed by atoms with Gasteiger partial charge in [-0.25, -0.2) is 4.79 Å². The van der Waals surface area contributed by atoms with Crippen molar-refractivity contribution in [2.45, 2.75) is 84.2 Å². The molecule has 0 unspecified atom stereocenters. The molecule has 4 aliphatic rings. The molecule has 6 atom stereocenters. The van der Waals surface area contributed by atoms with Gasteiger partial charge in [-0.2, -0.15) is 0 Å². The fraction of sp³-hybridized carbons (Fsp3) is 0.692. The first-order chi connectivity index (χ1) is 16.5. The van der Waals surface area contributed by atoms with Gasteiger partial charge in [0.05, 0.1) is 17.6 Å². The van der Waals surface area contributed by atoms with E-state index in [4.69, 9.17) is 19.8 Å². The predicted octanol–water partition coefficient (Wildman–Crippen LogP) is 3.46. The van der Waals surface area contributed by atoms with E-state index >= 15 is 0 Å². The van der Waals surface area contributed by atoms with Crippen LogP contribution in [0.4, 0.5) is 4.79 Å². The molecule has 10 heteroatoms. The number of nitrogens with two attached hydrogens (primary N) is 1. The molecule has 3 aliphatic carbocycles. The van der Waals surface area contributed by atoms with Crippen LogP contribution in [0.1, 0.15) is 59.4 Å². The van der Waals surface area contributed by atoms with E-state index in [1.165, 1.54) is 6.42 Å². The smallest absolute Gasteiger partial charge is 0.445 e. The minimum atomic E-state index is -0.917. The molecular weight excluding hydrogens is 481 g/mol. The molecule has 200 valence electrons. The third kappa shape index (κ3) is 5.85. The number of carbonyl (C=O) groups excluding carboxylic acids is 2. The highest BCUT2D eigenvalue weighted by Crippen LogP contribution is 2.65. The molecule has 4 fully saturated rings. The van der Waals surface area contributed by atoms with Gasteiger partial charge in [0.25, 0.3) is 0 Å². The summed E-state index contributed by atoms with van der Waals surface area (Å²) >= 11 is 0. The van der Waals surface area contributed by atoms with Crippen LogP contribution in [0, 0.1) is 23.2 Å². The summed E-state index contributed by atoms with van der Waals surface area (Å²) in [5.41, 5.74) is 6.89. The highest BCUT2D eigenvalue weighted by Gasteiger charge is 2.68. The average molecular weight is 522 g/mol. The van der Waals surface area contributed by atoms with Gasteiger partial charge in [0.15, 0.2) is 0 Å². The van der Waals surface area contributed by atoms with Crippen molar-refractivity contribution in [1.29, 1.82) is 0 Å². The molecule has 0 radical (unpaired) electrons. The van der Waals surface area contributed by atoms with Gasteiger partial charge in [-0.3, -0.25) is 4.79 Å². The van der Waals surface area contributed by atoms with Crippen molar-refractivity contribution in [1.82, 2.24) is 10.6 Å². The number of nitrogens with one attached hydrogen (secondary N) is 2. The van der Waals surface area contributed by atoms with Gasteiger partial charge in [0.2, 0.25) is 5.91 Å². The summed E-state index contributed by atoms with van der Waals surface area (Å²) in [5.74, 6) is 0.771. The molecule has 8 nitrogen and oxygen atoms in total. The first-order valence-electron chi connectivity index (χ1n) is 12.8. The first kappa shape index (κ1) is 28.8. The Morgan fingerprint density at radius 2 is 1.89 bits per heavy atom. The van der Waals surface area contributed by atoms with Crippen molar-refractivity contribution in [2.75, 3.05) is 6.54 Å². The van der Waals surface area contributed by atoms with E-state index in [0.717, 1.165) is 12.0 Å². The molecule has 2 amide bonds. The maximum atomic E-state index is 12.9. The van der Waals surface area contributed by atoms with Crippen LogP contribution in [-0.4, -0.2) is 49.4 Å². The molecule has 1 heterocycles. The number of rotatable bonds is 9. The van der Waals surface area contributed by atoms with Gasteiger partial charge < -0.3 is 30.4 Å². The molecule has 5 rings (SSSR count). The summed E-state index contributed by atoms with van der Waals surface area (Å²) in [4.78, 5) is 24.9. The Morgan fingerprint density at radius 1 is 1.19 bits per heavy atom. The number of alkyl carbamates (subject to hydrolysis) is 1. The molecule has 1 aromatic carbocycles. The second kappa shape index (κ2) is 11.3. The van der Waals surface area contributed by atoms with Gasteiger partial charge in [0, 0.05) is 6.54 Å². The van der Waals surface area contributed by atoms with E-state index in [1.54, 1.807) is 0 Å². The van der Waals surface area contributed by atoms with E-state index in [9.17, 15) is 9.59 Å². The zero-order valence-corrected chi connectivity index (χ0v) is 22.8. The summed E-state index contributed by atoms with van der Waals surface area (Å²) in [6, 6.07) is 8.47. The van der Waals surface area contributed by atoms with Gasteiger partial charge in [-0.1, -0.05) is 58.0 Å². The Kier molecular flexibility index (Phi) is 9.02. The number of amides is 2. The van der Waals surface area contributed by atoms with Crippen LogP contribution in [-0.2, 0) is 25.4 Å². The Hall–Kier alpha value is -1.81. The lowest BCUT2D eigenvalue weighted by molar-refractivity contribution is -0.199. The van der Waals surface area contributed by atoms with Gasteiger partial charge in [-0.15, -0.1) is 12.4 Å². The van der Waals surface area contributed by atoms with Crippen LogP contribution in [0.5, 0.6) is 0 Å². The summed E-state index contributed by atoms with van der Waals surface area (Å²) in [6.07, 6.45) is 2.31. The van der Waals surface area contributed by atoms with Crippen LogP contribution in [0.2, 0.25) is 0 Å². The molecule has 1 aromatic rings. The Morgan fingerprint density at radius 3 is 2.53 bits per heavy atom. The third-order valence-electron chi connectivity index (χ3n) is 8.37. The van der Waals surface area contributed by atoms with Crippen LogP contribution >= 0.6 is 12.4 Å². The SMILES string of the molecule is CC(C)C[C@H](NC(=O)[C@@H](N)CNC(=O)OCc1ccccc1)B1O[C@@H]2C[C@@H]3C[C@@H](C3(C)C)[C@]2(C)O1.Cl. The van der Waals surface area contributed by atoms with Crippen LogP contribution in [0.3, 0.4) is 0 Å². The van der Waals surface area contributed by atoms with Gasteiger partial charge in [0.1, 0.15) is 12.6 Å². The molecule has 0 aromatic heterocycles. The fourth-order valence-corrected chi connectivity index (χ4v) is 6.17. The minimum absolute atomic E-state index is 0. The summed E-state index contributed by atoms with van der Waals surface area (Å²) < 4.78 is 18.2. The molecule has 1 aliphatic heterocycles. The molecule has 3 saturated carbocycles. The normalized spacial score (nSPS) is 29.3. The van der Waals surface area contributed by atoms with Crippen LogP contribution < -0.4 is 16.4 Å². The van der Waals surface area contributed by atoms with Gasteiger partial charge >= 0.3 is 13.2 Å². The van der Waals surface area contributed by atoms with Gasteiger partial charge in [-0.05, 0) is 54.9 Å². The van der Waals surface area contributed by atoms with E-state index in [-0.39, 0.29) is 54.5 Å². The number of halogens is 1. The molecule has 2 bridgehead atoms. The van der Waals surface area contributed by atoms with Crippen molar-refractivity contribution in [3.8, 4) is 0 Å². The third-order valence-corrected chi connectivity index (χ3v) is 8.37. The maximum absolute atomic E-state index is 12.9. The lowest BCUT2D eigenvalue weighted by Crippen LogP contribution is -2.65. The zero-order chi connectivity index (χ0) is 25.4. The largest absolute Gasteiger partial charge is 0.481 e. The first-order valence-corrected chi connectivity index (χ1v) is 12.8. The Labute approximate surface area is 221 Å². The minimum Gasteiger partial charge on any atom is -0.445 e. The molecular formula is C26H41BClN3O5. The number of carbonyl (C=O) groups is 2. The van der Waals surface area contributed by atoms with E-state index in [1.807, 2.05) is 30.3 Å². The molecule has 1 saturated heterocycles. The second-order valence-corrected chi connectivity index (χ2v) is 11.6. The fourth-order valence-electron chi connectivity index (χ4n) is 6.17. The number of hydrogen-bond acceptors (Lipinski definition) is 6. The second-order valence-electron chi connectivity index (χ2n) is 11.6. The van der Waals surface area contributed by atoms with Crippen LogP contribution in [0.15, 0.2) is 30.3 Å². The van der Waals surface area contributed by atoms with Crippen molar-refractivity contribution in [2.24, 2.45) is 28.9 Å². The number of hydrogen-bond donors (Lipinski definition) is 3. The van der Waals surface area contributed by atoms with Crippen molar-refractivity contribution < 1.29 is 23.6 Å². The highest BCUT2D eigenvalue weighted by atomic mass is 35.5. The summed E-state index contributed by atoms with van der Waals surface area (Å²) in [5, 5.41) is 5.62. The maximum Gasteiger partial charge on any atom is 0.481 e. The van der Waals surface area contributed by atoms with Crippen LogP contribution in [0.25, 0.3) is 0 Å². The number of benzene rings is 1. The van der Waals surface area contributed by atoms with Crippen molar-refractivity contribution >= 4 is 31.5 Å². The lowest BCUT2D eigenvalue weighted by atomic mass is 9.43. The molecule has 0 spiro atoms. The van der Waals surface area contributed by atoms with E-state index in [0.29, 0.717) is 24.2 Å². The summed E-state index contributed by atoms with van der Waals surface area (Å²) in [6.45, 7) is 11.2. The topological polar surface area (TPSA) is 112 Å².